The van der Waals surface area contributed by atoms with Crippen molar-refractivity contribution in [2.24, 2.45) is 0 Å². The number of ketones is 1. The third-order valence-corrected chi connectivity index (χ3v) is 2.64. The second kappa shape index (κ2) is 5.00. The summed E-state index contributed by atoms with van der Waals surface area (Å²) in [6.07, 6.45) is 3.02. The SMILES string of the molecule is CCn1cc(C(=O)c2c(F)cccc2OC)cn1. The van der Waals surface area contributed by atoms with Crippen LogP contribution in [0, 0.1) is 5.82 Å². The fraction of sp³-hybridized carbons (Fsp3) is 0.231. The lowest BCUT2D eigenvalue weighted by atomic mass is 10.0. The topological polar surface area (TPSA) is 44.1 Å². The van der Waals surface area contributed by atoms with Crippen molar-refractivity contribution in [1.82, 2.24) is 9.78 Å². The monoisotopic (exact) mass is 248 g/mol. The molecule has 2 aromatic rings. The van der Waals surface area contributed by atoms with Gasteiger partial charge in [-0.3, -0.25) is 9.48 Å². The molecular weight excluding hydrogens is 235 g/mol. The number of carbonyl (C=O) groups excluding carboxylic acids is 1. The molecule has 0 fully saturated rings. The maximum atomic E-state index is 13.7. The highest BCUT2D eigenvalue weighted by Crippen LogP contribution is 2.24. The van der Waals surface area contributed by atoms with E-state index in [0.29, 0.717) is 12.1 Å². The molecule has 0 saturated carbocycles. The van der Waals surface area contributed by atoms with Crippen molar-refractivity contribution in [3.63, 3.8) is 0 Å². The van der Waals surface area contributed by atoms with Gasteiger partial charge in [0.25, 0.3) is 0 Å². The number of carbonyl (C=O) groups is 1. The molecule has 5 heteroatoms. The molecule has 0 bridgehead atoms. The van der Waals surface area contributed by atoms with Crippen LogP contribution in [0.5, 0.6) is 5.75 Å². The summed E-state index contributed by atoms with van der Waals surface area (Å²) in [5.74, 6) is -0.794. The summed E-state index contributed by atoms with van der Waals surface area (Å²) in [6, 6.07) is 4.29. The average Bonchev–Trinajstić information content (AvgIpc) is 2.86. The van der Waals surface area contributed by atoms with Gasteiger partial charge >= 0.3 is 0 Å². The first kappa shape index (κ1) is 12.3. The molecule has 1 aromatic carbocycles. The fourth-order valence-electron chi connectivity index (χ4n) is 1.69. The number of nitrogens with zero attached hydrogens (tertiary/aromatic N) is 2. The maximum Gasteiger partial charge on any atom is 0.202 e. The number of aromatic nitrogens is 2. The predicted octanol–water partition coefficient (Wildman–Crippen LogP) is 2.28. The Morgan fingerprint density at radius 2 is 2.28 bits per heavy atom. The van der Waals surface area contributed by atoms with Gasteiger partial charge in [0, 0.05) is 12.7 Å². The van der Waals surface area contributed by atoms with E-state index in [1.807, 2.05) is 6.92 Å². The molecule has 0 aliphatic rings. The Balaban J connectivity index is 2.45. The van der Waals surface area contributed by atoms with Crippen LogP contribution >= 0.6 is 0 Å². The molecule has 1 heterocycles. The van der Waals surface area contributed by atoms with E-state index in [9.17, 15) is 9.18 Å². The summed E-state index contributed by atoms with van der Waals surface area (Å²) in [4.78, 5) is 12.2. The van der Waals surface area contributed by atoms with Crippen molar-refractivity contribution in [1.29, 1.82) is 0 Å². The van der Waals surface area contributed by atoms with Crippen LogP contribution in [0.4, 0.5) is 4.39 Å². The van der Waals surface area contributed by atoms with E-state index in [2.05, 4.69) is 5.10 Å². The zero-order valence-corrected chi connectivity index (χ0v) is 10.2. The molecule has 0 saturated heterocycles. The molecule has 94 valence electrons. The molecule has 0 amide bonds. The van der Waals surface area contributed by atoms with E-state index in [1.54, 1.807) is 16.9 Å². The molecule has 2 rings (SSSR count). The normalized spacial score (nSPS) is 10.4. The predicted molar refractivity (Wildman–Crippen MR) is 64.3 cm³/mol. The van der Waals surface area contributed by atoms with Gasteiger partial charge in [0.15, 0.2) is 0 Å². The van der Waals surface area contributed by atoms with E-state index < -0.39 is 11.6 Å². The number of rotatable bonds is 4. The molecule has 0 aliphatic carbocycles. The number of methoxy groups -OCH3 is 1. The third kappa shape index (κ3) is 2.11. The van der Waals surface area contributed by atoms with Crippen LogP contribution in [-0.4, -0.2) is 22.7 Å². The van der Waals surface area contributed by atoms with Crippen molar-refractivity contribution in [3.05, 3.63) is 47.5 Å². The average molecular weight is 248 g/mol. The van der Waals surface area contributed by atoms with Crippen LogP contribution < -0.4 is 4.74 Å². The molecule has 0 unspecified atom stereocenters. The smallest absolute Gasteiger partial charge is 0.202 e. The quantitative estimate of drug-likeness (QED) is 0.780. The lowest BCUT2D eigenvalue weighted by Crippen LogP contribution is -2.06. The Morgan fingerprint density at radius 1 is 1.50 bits per heavy atom. The lowest BCUT2D eigenvalue weighted by molar-refractivity contribution is 0.103. The Bertz CT molecular complexity index is 578. The lowest BCUT2D eigenvalue weighted by Gasteiger charge is -2.07. The molecule has 0 atom stereocenters. The summed E-state index contributed by atoms with van der Waals surface area (Å²) < 4.78 is 20.4. The number of benzene rings is 1. The molecule has 1 aromatic heterocycles. The summed E-state index contributed by atoms with van der Waals surface area (Å²) >= 11 is 0. The van der Waals surface area contributed by atoms with Crippen molar-refractivity contribution >= 4 is 5.78 Å². The molecule has 18 heavy (non-hydrogen) atoms. The van der Waals surface area contributed by atoms with Crippen LogP contribution in [0.1, 0.15) is 22.8 Å². The van der Waals surface area contributed by atoms with Crippen LogP contribution in [0.3, 0.4) is 0 Å². The number of ether oxygens (including phenoxy) is 1. The van der Waals surface area contributed by atoms with Crippen molar-refractivity contribution in [3.8, 4) is 5.75 Å². The van der Waals surface area contributed by atoms with Crippen molar-refractivity contribution < 1.29 is 13.9 Å². The molecule has 0 N–H and O–H groups in total. The minimum absolute atomic E-state index is 0.0596. The minimum atomic E-state index is -0.594. The highest BCUT2D eigenvalue weighted by molar-refractivity contribution is 6.10. The first-order chi connectivity index (χ1) is 8.67. The third-order valence-electron chi connectivity index (χ3n) is 2.64. The minimum Gasteiger partial charge on any atom is -0.496 e. The zero-order valence-electron chi connectivity index (χ0n) is 10.2. The summed E-state index contributed by atoms with van der Waals surface area (Å²) in [5.41, 5.74) is 0.288. The van der Waals surface area contributed by atoms with Gasteiger partial charge in [-0.15, -0.1) is 0 Å². The van der Waals surface area contributed by atoms with E-state index >= 15 is 0 Å². The number of halogens is 1. The largest absolute Gasteiger partial charge is 0.496 e. The zero-order chi connectivity index (χ0) is 13.1. The van der Waals surface area contributed by atoms with Crippen LogP contribution in [0.2, 0.25) is 0 Å². The van der Waals surface area contributed by atoms with Gasteiger partial charge in [-0.05, 0) is 19.1 Å². The molecule has 0 spiro atoms. The van der Waals surface area contributed by atoms with Gasteiger partial charge in [0.2, 0.25) is 5.78 Å². The summed E-state index contributed by atoms with van der Waals surface area (Å²) in [6.45, 7) is 2.56. The highest BCUT2D eigenvalue weighted by Gasteiger charge is 2.20. The Kier molecular flexibility index (Phi) is 3.41. The van der Waals surface area contributed by atoms with Gasteiger partial charge < -0.3 is 4.74 Å². The number of hydrogen-bond acceptors (Lipinski definition) is 3. The molecular formula is C13H13FN2O2. The van der Waals surface area contributed by atoms with E-state index in [1.165, 1.54) is 25.4 Å². The Hall–Kier alpha value is -2.17. The highest BCUT2D eigenvalue weighted by atomic mass is 19.1. The van der Waals surface area contributed by atoms with Gasteiger partial charge in [0.1, 0.15) is 17.1 Å². The van der Waals surface area contributed by atoms with Gasteiger partial charge in [-0.25, -0.2) is 4.39 Å². The van der Waals surface area contributed by atoms with Crippen LogP contribution in [0.15, 0.2) is 30.6 Å². The second-order valence-corrected chi connectivity index (χ2v) is 3.73. The molecule has 4 nitrogen and oxygen atoms in total. The standard InChI is InChI=1S/C13H13FN2O2/c1-3-16-8-9(7-15-16)13(17)12-10(14)5-4-6-11(12)18-2/h4-8H,3H2,1-2H3. The Morgan fingerprint density at radius 3 is 2.89 bits per heavy atom. The van der Waals surface area contributed by atoms with Crippen molar-refractivity contribution in [2.75, 3.05) is 7.11 Å². The summed E-state index contributed by atoms with van der Waals surface area (Å²) in [5, 5.41) is 4.00. The van der Waals surface area contributed by atoms with Crippen molar-refractivity contribution in [2.45, 2.75) is 13.5 Å². The van der Waals surface area contributed by atoms with E-state index in [4.69, 9.17) is 4.74 Å². The Labute approximate surface area is 104 Å². The van der Waals surface area contributed by atoms with Crippen LogP contribution in [-0.2, 0) is 6.54 Å². The molecule has 0 radical (unpaired) electrons. The fourth-order valence-corrected chi connectivity index (χ4v) is 1.69. The maximum absolute atomic E-state index is 13.7. The van der Waals surface area contributed by atoms with Gasteiger partial charge in [-0.2, -0.15) is 5.10 Å². The van der Waals surface area contributed by atoms with Gasteiger partial charge in [-0.1, -0.05) is 6.07 Å². The first-order valence-corrected chi connectivity index (χ1v) is 5.57. The van der Waals surface area contributed by atoms with Gasteiger partial charge in [0.05, 0.1) is 18.9 Å². The first-order valence-electron chi connectivity index (χ1n) is 5.57. The van der Waals surface area contributed by atoms with E-state index in [-0.39, 0.29) is 11.3 Å². The van der Waals surface area contributed by atoms with Crippen LogP contribution in [0.25, 0.3) is 0 Å². The number of aryl methyl sites for hydroxylation is 1. The molecule has 0 aliphatic heterocycles. The number of hydrogen-bond donors (Lipinski definition) is 0. The second-order valence-electron chi connectivity index (χ2n) is 3.73. The van der Waals surface area contributed by atoms with E-state index in [0.717, 1.165) is 0 Å². The summed E-state index contributed by atoms with van der Waals surface area (Å²) in [7, 11) is 1.40.